The van der Waals surface area contributed by atoms with Gasteiger partial charge in [0.05, 0.1) is 5.52 Å². The minimum Gasteiger partial charge on any atom is -0.349 e. The van der Waals surface area contributed by atoms with E-state index in [0.717, 1.165) is 18.4 Å². The van der Waals surface area contributed by atoms with Crippen molar-refractivity contribution in [2.75, 3.05) is 6.54 Å². The van der Waals surface area contributed by atoms with E-state index < -0.39 is 0 Å². The minimum absolute atomic E-state index is 0.199. The Morgan fingerprint density at radius 2 is 1.85 bits per heavy atom. The Labute approximate surface area is 162 Å². The first-order chi connectivity index (χ1) is 13.1. The van der Waals surface area contributed by atoms with Gasteiger partial charge in [-0.25, -0.2) is 4.98 Å². The molecular formula is C20H21ClN4O2. The molecular weight excluding hydrogens is 364 g/mol. The highest BCUT2D eigenvalue weighted by molar-refractivity contribution is 6.31. The first kappa shape index (κ1) is 18.9. The summed E-state index contributed by atoms with van der Waals surface area (Å²) < 4.78 is 1.63. The average molecular weight is 385 g/mol. The average Bonchev–Trinajstić information content (AvgIpc) is 3.07. The van der Waals surface area contributed by atoms with Crippen LogP contribution >= 0.6 is 11.6 Å². The van der Waals surface area contributed by atoms with Crippen molar-refractivity contribution in [1.82, 2.24) is 20.0 Å². The molecule has 0 atom stereocenters. The van der Waals surface area contributed by atoms with Crippen molar-refractivity contribution < 1.29 is 9.59 Å². The predicted molar refractivity (Wildman–Crippen MR) is 105 cm³/mol. The molecule has 0 saturated carbocycles. The van der Waals surface area contributed by atoms with Crippen molar-refractivity contribution in [2.45, 2.75) is 26.3 Å². The number of hydrogen-bond acceptors (Lipinski definition) is 3. The van der Waals surface area contributed by atoms with E-state index in [1.54, 1.807) is 34.9 Å². The molecule has 2 heterocycles. The molecule has 3 aromatic rings. The van der Waals surface area contributed by atoms with Crippen LogP contribution in [0.4, 0.5) is 0 Å². The fourth-order valence-corrected chi connectivity index (χ4v) is 2.93. The third-order valence-electron chi connectivity index (χ3n) is 4.18. The highest BCUT2D eigenvalue weighted by Crippen LogP contribution is 2.16. The largest absolute Gasteiger partial charge is 0.349 e. The van der Waals surface area contributed by atoms with Crippen LogP contribution in [0.5, 0.6) is 0 Å². The Kier molecular flexibility index (Phi) is 6.08. The highest BCUT2D eigenvalue weighted by atomic mass is 35.5. The van der Waals surface area contributed by atoms with Gasteiger partial charge in [-0.05, 0) is 30.2 Å². The van der Waals surface area contributed by atoms with Gasteiger partial charge >= 0.3 is 0 Å². The number of pyridine rings is 1. The number of benzene rings is 1. The lowest BCUT2D eigenvalue weighted by molar-refractivity contribution is 0.0942. The topological polar surface area (TPSA) is 75.5 Å². The maximum atomic E-state index is 12.7. The van der Waals surface area contributed by atoms with Crippen LogP contribution in [0, 0.1) is 0 Å². The van der Waals surface area contributed by atoms with Gasteiger partial charge in [0, 0.05) is 24.3 Å². The molecule has 1 aromatic carbocycles. The fourth-order valence-electron chi connectivity index (χ4n) is 2.72. The molecule has 2 amide bonds. The third kappa shape index (κ3) is 4.28. The molecule has 0 saturated heterocycles. The Morgan fingerprint density at radius 3 is 2.63 bits per heavy atom. The molecule has 6 nitrogen and oxygen atoms in total. The minimum atomic E-state index is -0.355. The second-order valence-corrected chi connectivity index (χ2v) is 6.53. The lowest BCUT2D eigenvalue weighted by atomic mass is 10.2. The number of amides is 2. The van der Waals surface area contributed by atoms with Crippen LogP contribution in [-0.2, 0) is 6.54 Å². The van der Waals surface area contributed by atoms with Crippen LogP contribution in [-0.4, -0.2) is 27.7 Å². The highest BCUT2D eigenvalue weighted by Gasteiger charge is 2.21. The summed E-state index contributed by atoms with van der Waals surface area (Å²) in [5.41, 5.74) is 1.60. The molecule has 3 rings (SSSR count). The summed E-state index contributed by atoms with van der Waals surface area (Å²) in [5.74, 6) is -0.453. The number of nitrogens with zero attached hydrogens (tertiary/aromatic N) is 2. The SMILES string of the molecule is CCCCNC(=O)c1nc(C(=O)NCc2ccccc2Cl)c2ccccn12. The van der Waals surface area contributed by atoms with E-state index in [1.807, 2.05) is 18.2 Å². The first-order valence-corrected chi connectivity index (χ1v) is 9.26. The number of fused-ring (bicyclic) bond motifs is 1. The lowest BCUT2D eigenvalue weighted by Gasteiger charge is -2.05. The number of carbonyl (C=O) groups is 2. The van der Waals surface area contributed by atoms with E-state index in [4.69, 9.17) is 11.6 Å². The maximum absolute atomic E-state index is 12.7. The third-order valence-corrected chi connectivity index (χ3v) is 4.55. The summed E-state index contributed by atoms with van der Waals surface area (Å²) in [5, 5.41) is 6.25. The van der Waals surface area contributed by atoms with Crippen LogP contribution in [0.2, 0.25) is 5.02 Å². The van der Waals surface area contributed by atoms with Gasteiger partial charge in [0.25, 0.3) is 11.8 Å². The normalized spacial score (nSPS) is 10.7. The summed E-state index contributed by atoms with van der Waals surface area (Å²) >= 11 is 6.13. The molecule has 0 fully saturated rings. The number of unbranched alkanes of at least 4 members (excludes halogenated alkanes) is 1. The standard InChI is InChI=1S/C20H21ClN4O2/c1-2-3-11-22-20(27)18-24-17(16-10-6-7-12-25(16)18)19(26)23-13-14-8-4-5-9-15(14)21/h4-10,12H,2-3,11,13H2,1H3,(H,22,27)(H,23,26). The predicted octanol–water partition coefficient (Wildman–Crippen LogP) is 3.45. The number of aromatic nitrogens is 2. The van der Waals surface area contributed by atoms with Crippen LogP contribution < -0.4 is 10.6 Å². The van der Waals surface area contributed by atoms with Crippen LogP contribution in [0.1, 0.15) is 46.4 Å². The maximum Gasteiger partial charge on any atom is 0.287 e. The number of nitrogens with one attached hydrogen (secondary N) is 2. The summed E-state index contributed by atoms with van der Waals surface area (Å²) in [7, 11) is 0. The van der Waals surface area contributed by atoms with Crippen LogP contribution in [0.25, 0.3) is 5.52 Å². The van der Waals surface area contributed by atoms with Gasteiger partial charge in [0.2, 0.25) is 5.82 Å². The summed E-state index contributed by atoms with van der Waals surface area (Å²) in [6, 6.07) is 12.7. The van der Waals surface area contributed by atoms with Gasteiger partial charge in [0.15, 0.2) is 5.69 Å². The van der Waals surface area contributed by atoms with Crippen molar-refractivity contribution in [2.24, 2.45) is 0 Å². The molecule has 0 spiro atoms. The molecule has 0 radical (unpaired) electrons. The van der Waals surface area contributed by atoms with E-state index >= 15 is 0 Å². The monoisotopic (exact) mass is 384 g/mol. The second-order valence-electron chi connectivity index (χ2n) is 6.12. The number of halogens is 1. The van der Waals surface area contributed by atoms with Crippen LogP contribution in [0.15, 0.2) is 48.7 Å². The molecule has 7 heteroatoms. The molecule has 140 valence electrons. The van der Waals surface area contributed by atoms with Gasteiger partial charge in [-0.1, -0.05) is 49.2 Å². The zero-order chi connectivity index (χ0) is 19.2. The van der Waals surface area contributed by atoms with Crippen molar-refractivity contribution >= 4 is 28.9 Å². The number of imidazole rings is 1. The van der Waals surface area contributed by atoms with E-state index in [1.165, 1.54) is 0 Å². The molecule has 0 aliphatic heterocycles. The van der Waals surface area contributed by atoms with E-state index in [9.17, 15) is 9.59 Å². The molecule has 2 N–H and O–H groups in total. The smallest absolute Gasteiger partial charge is 0.287 e. The van der Waals surface area contributed by atoms with Gasteiger partial charge in [-0.15, -0.1) is 0 Å². The van der Waals surface area contributed by atoms with E-state index in [0.29, 0.717) is 17.1 Å². The summed E-state index contributed by atoms with van der Waals surface area (Å²) in [6.07, 6.45) is 3.60. The number of rotatable bonds is 7. The van der Waals surface area contributed by atoms with E-state index in [2.05, 4.69) is 22.5 Å². The molecule has 0 aliphatic rings. The van der Waals surface area contributed by atoms with Gasteiger partial charge < -0.3 is 10.6 Å². The van der Waals surface area contributed by atoms with Crippen molar-refractivity contribution in [3.8, 4) is 0 Å². The van der Waals surface area contributed by atoms with Gasteiger partial charge in [-0.2, -0.15) is 0 Å². The van der Waals surface area contributed by atoms with Gasteiger partial charge in [-0.3, -0.25) is 14.0 Å². The molecule has 0 bridgehead atoms. The Balaban J connectivity index is 1.82. The molecule has 0 aliphatic carbocycles. The zero-order valence-electron chi connectivity index (χ0n) is 15.0. The molecule has 2 aromatic heterocycles. The second kappa shape index (κ2) is 8.68. The molecule has 27 heavy (non-hydrogen) atoms. The van der Waals surface area contributed by atoms with Crippen LogP contribution in [0.3, 0.4) is 0 Å². The van der Waals surface area contributed by atoms with Crippen molar-refractivity contribution in [3.05, 3.63) is 70.8 Å². The Bertz CT molecular complexity index is 968. The quantitative estimate of drug-likeness (QED) is 0.612. The van der Waals surface area contributed by atoms with Gasteiger partial charge in [0.1, 0.15) is 0 Å². The number of carbonyl (C=O) groups excluding carboxylic acids is 2. The van der Waals surface area contributed by atoms with Crippen molar-refractivity contribution in [3.63, 3.8) is 0 Å². The van der Waals surface area contributed by atoms with E-state index in [-0.39, 0.29) is 29.9 Å². The zero-order valence-corrected chi connectivity index (χ0v) is 15.8. The summed E-state index contributed by atoms with van der Waals surface area (Å²) in [6.45, 7) is 2.91. The summed E-state index contributed by atoms with van der Waals surface area (Å²) in [4.78, 5) is 29.4. The molecule has 0 unspecified atom stereocenters. The van der Waals surface area contributed by atoms with Crippen molar-refractivity contribution in [1.29, 1.82) is 0 Å². The lowest BCUT2D eigenvalue weighted by Crippen LogP contribution is -2.27. The fraction of sp³-hybridized carbons (Fsp3) is 0.250. The number of hydrogen-bond donors (Lipinski definition) is 2. The Morgan fingerprint density at radius 1 is 1.07 bits per heavy atom. The Hall–Kier alpha value is -2.86. The first-order valence-electron chi connectivity index (χ1n) is 8.88.